The van der Waals surface area contributed by atoms with Gasteiger partial charge in [0.15, 0.2) is 0 Å². The van der Waals surface area contributed by atoms with Crippen molar-refractivity contribution in [1.29, 1.82) is 0 Å². The zero-order valence-corrected chi connectivity index (χ0v) is 14.2. The van der Waals surface area contributed by atoms with Crippen molar-refractivity contribution in [2.24, 2.45) is 0 Å². The molecule has 0 spiro atoms. The van der Waals surface area contributed by atoms with E-state index >= 15 is 0 Å². The Morgan fingerprint density at radius 3 is 2.52 bits per heavy atom. The second-order valence-electron chi connectivity index (χ2n) is 6.41. The molecule has 1 aromatic carbocycles. The van der Waals surface area contributed by atoms with E-state index < -0.39 is 0 Å². The molecule has 2 rings (SSSR count). The minimum absolute atomic E-state index is 0.390. The first-order valence-electron chi connectivity index (χ1n) is 8.05. The lowest BCUT2D eigenvalue weighted by atomic mass is 9.93. The molecule has 0 aliphatic carbocycles. The first kappa shape index (κ1) is 16.5. The van der Waals surface area contributed by atoms with Gasteiger partial charge in [0.1, 0.15) is 0 Å². The predicted molar refractivity (Wildman–Crippen MR) is 88.9 cm³/mol. The topological polar surface area (TPSA) is 24.5 Å². The molecule has 21 heavy (non-hydrogen) atoms. The molecule has 2 unspecified atom stereocenters. The zero-order valence-electron chi connectivity index (χ0n) is 14.2. The molecule has 1 fully saturated rings. The van der Waals surface area contributed by atoms with Crippen molar-refractivity contribution < 1.29 is 4.74 Å². The molecule has 3 heteroatoms. The summed E-state index contributed by atoms with van der Waals surface area (Å²) >= 11 is 0. The summed E-state index contributed by atoms with van der Waals surface area (Å²) in [5.74, 6) is 0. The number of ether oxygens (including phenoxy) is 1. The van der Waals surface area contributed by atoms with E-state index in [4.69, 9.17) is 4.74 Å². The molecule has 1 aliphatic heterocycles. The lowest BCUT2D eigenvalue weighted by Gasteiger charge is -2.35. The summed E-state index contributed by atoms with van der Waals surface area (Å²) in [5, 5.41) is 3.52. The number of aryl methyl sites for hydroxylation is 3. The van der Waals surface area contributed by atoms with E-state index in [1.807, 2.05) is 7.11 Å². The minimum Gasteiger partial charge on any atom is -0.380 e. The number of hydrogen-bond donors (Lipinski definition) is 1. The summed E-state index contributed by atoms with van der Waals surface area (Å²) in [4.78, 5) is 2.54. The summed E-state index contributed by atoms with van der Waals surface area (Å²) in [5.41, 5.74) is 5.60. The molecule has 3 nitrogen and oxygen atoms in total. The van der Waals surface area contributed by atoms with Crippen LogP contribution < -0.4 is 5.32 Å². The third-order valence-electron chi connectivity index (χ3n) is 4.67. The number of piperidine rings is 1. The van der Waals surface area contributed by atoms with E-state index in [-0.39, 0.29) is 0 Å². The molecular formula is C18H30N2O. The van der Waals surface area contributed by atoms with Gasteiger partial charge in [0, 0.05) is 26.2 Å². The third kappa shape index (κ3) is 4.06. The molecule has 1 N–H and O–H groups in total. The molecule has 0 bridgehead atoms. The Balaban J connectivity index is 2.13. The van der Waals surface area contributed by atoms with Crippen LogP contribution in [-0.2, 0) is 4.74 Å². The monoisotopic (exact) mass is 290 g/mol. The van der Waals surface area contributed by atoms with Crippen molar-refractivity contribution in [3.63, 3.8) is 0 Å². The SMILES string of the molecule is CNC(CN1CCCC(OC)C1)c1c(C)cc(C)cc1C. The Kier molecular flexibility index (Phi) is 5.80. The highest BCUT2D eigenvalue weighted by atomic mass is 16.5. The van der Waals surface area contributed by atoms with Crippen molar-refractivity contribution >= 4 is 0 Å². The Labute approximate surface area is 129 Å². The average molecular weight is 290 g/mol. The predicted octanol–water partition coefficient (Wildman–Crippen LogP) is 2.98. The zero-order chi connectivity index (χ0) is 15.4. The van der Waals surface area contributed by atoms with Crippen LogP contribution in [0.1, 0.15) is 41.1 Å². The summed E-state index contributed by atoms with van der Waals surface area (Å²) in [6, 6.07) is 4.97. The van der Waals surface area contributed by atoms with Crippen molar-refractivity contribution in [1.82, 2.24) is 10.2 Å². The Morgan fingerprint density at radius 2 is 1.95 bits per heavy atom. The Hall–Kier alpha value is -0.900. The van der Waals surface area contributed by atoms with Gasteiger partial charge in [0.25, 0.3) is 0 Å². The fourth-order valence-electron chi connectivity index (χ4n) is 3.70. The number of hydrogen-bond acceptors (Lipinski definition) is 3. The van der Waals surface area contributed by atoms with E-state index in [1.54, 1.807) is 0 Å². The van der Waals surface area contributed by atoms with Gasteiger partial charge >= 0.3 is 0 Å². The number of rotatable bonds is 5. The maximum atomic E-state index is 5.54. The molecule has 0 amide bonds. The van der Waals surface area contributed by atoms with E-state index in [0.717, 1.165) is 13.1 Å². The largest absolute Gasteiger partial charge is 0.380 e. The maximum absolute atomic E-state index is 5.54. The van der Waals surface area contributed by atoms with Crippen molar-refractivity contribution in [2.75, 3.05) is 33.8 Å². The minimum atomic E-state index is 0.390. The van der Waals surface area contributed by atoms with Gasteiger partial charge in [-0.1, -0.05) is 17.7 Å². The van der Waals surface area contributed by atoms with E-state index in [9.17, 15) is 0 Å². The van der Waals surface area contributed by atoms with Crippen LogP contribution in [0.5, 0.6) is 0 Å². The van der Waals surface area contributed by atoms with E-state index in [0.29, 0.717) is 12.1 Å². The van der Waals surface area contributed by atoms with Gasteiger partial charge < -0.3 is 10.1 Å². The van der Waals surface area contributed by atoms with Gasteiger partial charge in [-0.25, -0.2) is 0 Å². The first-order chi connectivity index (χ1) is 10.0. The first-order valence-corrected chi connectivity index (χ1v) is 8.05. The number of nitrogens with one attached hydrogen (secondary N) is 1. The van der Waals surface area contributed by atoms with Crippen LogP contribution in [0.25, 0.3) is 0 Å². The van der Waals surface area contributed by atoms with Crippen LogP contribution in [0.3, 0.4) is 0 Å². The van der Waals surface area contributed by atoms with Crippen molar-refractivity contribution in [3.8, 4) is 0 Å². The average Bonchev–Trinajstić information content (AvgIpc) is 2.45. The highest BCUT2D eigenvalue weighted by Gasteiger charge is 2.23. The highest BCUT2D eigenvalue weighted by molar-refractivity contribution is 5.39. The van der Waals surface area contributed by atoms with Crippen LogP contribution in [0.15, 0.2) is 12.1 Å². The number of methoxy groups -OCH3 is 1. The standard InChI is InChI=1S/C18H30N2O/c1-13-9-14(2)18(15(3)10-13)17(19-4)12-20-8-6-7-16(11-20)21-5/h9-10,16-17,19H,6-8,11-12H2,1-5H3. The molecule has 0 saturated carbocycles. The van der Waals surface area contributed by atoms with Crippen molar-refractivity contribution in [2.45, 2.75) is 45.8 Å². The Bertz CT molecular complexity index is 449. The normalized spacial score (nSPS) is 21.5. The molecule has 2 atom stereocenters. The fraction of sp³-hybridized carbons (Fsp3) is 0.667. The molecule has 1 aromatic rings. The van der Waals surface area contributed by atoms with Gasteiger partial charge in [0.2, 0.25) is 0 Å². The van der Waals surface area contributed by atoms with Crippen molar-refractivity contribution in [3.05, 3.63) is 34.4 Å². The lowest BCUT2D eigenvalue weighted by molar-refractivity contribution is 0.0283. The number of benzene rings is 1. The maximum Gasteiger partial charge on any atom is 0.0698 e. The summed E-state index contributed by atoms with van der Waals surface area (Å²) in [6.45, 7) is 9.93. The van der Waals surface area contributed by atoms with E-state index in [2.05, 4.69) is 50.2 Å². The Morgan fingerprint density at radius 1 is 1.29 bits per heavy atom. The number of nitrogens with zero attached hydrogens (tertiary/aromatic N) is 1. The van der Waals surface area contributed by atoms with Gasteiger partial charge in [-0.3, -0.25) is 4.90 Å². The molecular weight excluding hydrogens is 260 g/mol. The molecule has 1 saturated heterocycles. The van der Waals surface area contributed by atoms with Gasteiger partial charge in [-0.05, 0) is 63.9 Å². The van der Waals surface area contributed by atoms with Gasteiger partial charge in [0.05, 0.1) is 6.10 Å². The number of likely N-dealkylation sites (N-methyl/N-ethyl adjacent to an activating group) is 1. The quantitative estimate of drug-likeness (QED) is 0.902. The summed E-state index contributed by atoms with van der Waals surface area (Å²) < 4.78 is 5.54. The van der Waals surface area contributed by atoms with Crippen LogP contribution >= 0.6 is 0 Å². The van der Waals surface area contributed by atoms with Crippen LogP contribution in [0, 0.1) is 20.8 Å². The van der Waals surface area contributed by atoms with E-state index in [1.165, 1.54) is 41.6 Å². The summed E-state index contributed by atoms with van der Waals surface area (Å²) in [7, 11) is 3.90. The second-order valence-corrected chi connectivity index (χ2v) is 6.41. The second kappa shape index (κ2) is 7.39. The third-order valence-corrected chi connectivity index (χ3v) is 4.67. The number of likely N-dealkylation sites (tertiary alicyclic amines) is 1. The molecule has 0 radical (unpaired) electrons. The van der Waals surface area contributed by atoms with Gasteiger partial charge in [-0.2, -0.15) is 0 Å². The summed E-state index contributed by atoms with van der Waals surface area (Å²) in [6.07, 6.45) is 2.83. The van der Waals surface area contributed by atoms with Crippen LogP contribution in [-0.4, -0.2) is 44.8 Å². The highest BCUT2D eigenvalue weighted by Crippen LogP contribution is 2.25. The smallest absolute Gasteiger partial charge is 0.0698 e. The van der Waals surface area contributed by atoms with Crippen LogP contribution in [0.2, 0.25) is 0 Å². The molecule has 1 heterocycles. The molecule has 0 aromatic heterocycles. The fourth-order valence-corrected chi connectivity index (χ4v) is 3.70. The lowest BCUT2D eigenvalue weighted by Crippen LogP contribution is -2.43. The van der Waals surface area contributed by atoms with Crippen LogP contribution in [0.4, 0.5) is 0 Å². The molecule has 1 aliphatic rings. The van der Waals surface area contributed by atoms with Gasteiger partial charge in [-0.15, -0.1) is 0 Å². The molecule has 118 valence electrons.